The summed E-state index contributed by atoms with van der Waals surface area (Å²) in [6, 6.07) is 2.88. The van der Waals surface area contributed by atoms with Crippen molar-refractivity contribution < 1.29 is 15.0 Å². The molecule has 0 aromatic heterocycles. The van der Waals surface area contributed by atoms with Gasteiger partial charge in [-0.1, -0.05) is 23.2 Å². The molecule has 0 saturated heterocycles. The smallest absolute Gasteiger partial charge is 0.337 e. The van der Waals surface area contributed by atoms with Crippen LogP contribution in [0.25, 0.3) is 0 Å². The standard InChI is InChI=1S/C9H8Cl2O3/c1-4-2-5(8(12)9(13)14)7(11)3-6(4)10/h2-3,8,12H,1H3,(H,13,14)/t8-/m1/s1. The Bertz CT molecular complexity index is 377. The molecule has 76 valence electrons. The summed E-state index contributed by atoms with van der Waals surface area (Å²) in [4.78, 5) is 10.5. The predicted octanol–water partition coefficient (Wildman–Crippen LogP) is 2.42. The van der Waals surface area contributed by atoms with Crippen LogP contribution in [0.15, 0.2) is 12.1 Å². The van der Waals surface area contributed by atoms with Gasteiger partial charge in [0.05, 0.1) is 0 Å². The lowest BCUT2D eigenvalue weighted by atomic mass is 10.1. The third-order valence-electron chi connectivity index (χ3n) is 1.81. The molecule has 0 unspecified atom stereocenters. The minimum atomic E-state index is -1.61. The SMILES string of the molecule is Cc1cc([C@@H](O)C(=O)O)c(Cl)cc1Cl. The summed E-state index contributed by atoms with van der Waals surface area (Å²) in [5.74, 6) is -1.34. The van der Waals surface area contributed by atoms with Crippen molar-refractivity contribution in [2.45, 2.75) is 13.0 Å². The molecule has 5 heteroatoms. The lowest BCUT2D eigenvalue weighted by Crippen LogP contribution is -2.11. The lowest BCUT2D eigenvalue weighted by Gasteiger charge is -2.09. The Hall–Kier alpha value is -0.770. The molecule has 0 aliphatic rings. The van der Waals surface area contributed by atoms with Crippen molar-refractivity contribution in [1.82, 2.24) is 0 Å². The zero-order valence-electron chi connectivity index (χ0n) is 7.29. The molecule has 0 fully saturated rings. The predicted molar refractivity (Wildman–Crippen MR) is 53.8 cm³/mol. The third-order valence-corrected chi connectivity index (χ3v) is 2.54. The van der Waals surface area contributed by atoms with Gasteiger partial charge in [-0.05, 0) is 24.6 Å². The van der Waals surface area contributed by atoms with Gasteiger partial charge >= 0.3 is 5.97 Å². The maximum Gasteiger partial charge on any atom is 0.337 e. The normalized spacial score (nSPS) is 12.6. The van der Waals surface area contributed by atoms with Crippen LogP contribution in [0.2, 0.25) is 10.0 Å². The van der Waals surface area contributed by atoms with Crippen LogP contribution in [0.5, 0.6) is 0 Å². The summed E-state index contributed by atoms with van der Waals surface area (Å²) >= 11 is 11.5. The first-order valence-corrected chi connectivity index (χ1v) is 4.55. The van der Waals surface area contributed by atoms with Crippen LogP contribution in [0.1, 0.15) is 17.2 Å². The molecule has 1 rings (SSSR count). The number of halogens is 2. The molecule has 0 saturated carbocycles. The number of carboxylic acids is 1. The van der Waals surface area contributed by atoms with Crippen molar-refractivity contribution in [3.8, 4) is 0 Å². The number of aliphatic hydroxyl groups is 1. The van der Waals surface area contributed by atoms with E-state index in [2.05, 4.69) is 0 Å². The van der Waals surface area contributed by atoms with Gasteiger partial charge in [0.15, 0.2) is 6.10 Å². The largest absolute Gasteiger partial charge is 0.479 e. The summed E-state index contributed by atoms with van der Waals surface area (Å²) in [5.41, 5.74) is 0.826. The van der Waals surface area contributed by atoms with Gasteiger partial charge in [0.1, 0.15) is 0 Å². The molecule has 1 atom stereocenters. The number of rotatable bonds is 2. The Balaban J connectivity index is 3.22. The van der Waals surface area contributed by atoms with E-state index in [1.165, 1.54) is 12.1 Å². The highest BCUT2D eigenvalue weighted by atomic mass is 35.5. The minimum Gasteiger partial charge on any atom is -0.479 e. The summed E-state index contributed by atoms with van der Waals surface area (Å²) in [6.07, 6.45) is -1.61. The van der Waals surface area contributed by atoms with Gasteiger partial charge < -0.3 is 10.2 Å². The second-order valence-corrected chi connectivity index (χ2v) is 3.68. The van der Waals surface area contributed by atoms with E-state index in [4.69, 9.17) is 28.3 Å². The van der Waals surface area contributed by atoms with Crippen molar-refractivity contribution in [1.29, 1.82) is 0 Å². The number of aliphatic carboxylic acids is 1. The Morgan fingerprint density at radius 3 is 2.43 bits per heavy atom. The Morgan fingerprint density at radius 2 is 1.93 bits per heavy atom. The van der Waals surface area contributed by atoms with E-state index in [0.717, 1.165) is 0 Å². The van der Waals surface area contributed by atoms with E-state index in [9.17, 15) is 9.90 Å². The van der Waals surface area contributed by atoms with E-state index in [-0.39, 0.29) is 10.6 Å². The minimum absolute atomic E-state index is 0.149. The second kappa shape index (κ2) is 4.17. The molecule has 0 aliphatic heterocycles. The molecule has 0 radical (unpaired) electrons. The molecule has 0 aliphatic carbocycles. The Morgan fingerprint density at radius 1 is 1.36 bits per heavy atom. The zero-order valence-corrected chi connectivity index (χ0v) is 8.80. The first-order chi connectivity index (χ1) is 6.43. The van der Waals surface area contributed by atoms with Crippen molar-refractivity contribution in [2.75, 3.05) is 0 Å². The fraction of sp³-hybridized carbons (Fsp3) is 0.222. The Labute approximate surface area is 90.9 Å². The van der Waals surface area contributed by atoms with E-state index < -0.39 is 12.1 Å². The molecule has 0 heterocycles. The van der Waals surface area contributed by atoms with Gasteiger partial charge in [0, 0.05) is 15.6 Å². The van der Waals surface area contributed by atoms with Crippen LogP contribution in [0.3, 0.4) is 0 Å². The van der Waals surface area contributed by atoms with Crippen LogP contribution in [-0.2, 0) is 4.79 Å². The summed E-state index contributed by atoms with van der Waals surface area (Å²) in [7, 11) is 0. The molecule has 1 aromatic carbocycles. The number of aryl methyl sites for hydroxylation is 1. The average Bonchev–Trinajstić information content (AvgIpc) is 2.10. The fourth-order valence-electron chi connectivity index (χ4n) is 1.02. The third kappa shape index (κ3) is 2.18. The molecular weight excluding hydrogens is 227 g/mol. The lowest BCUT2D eigenvalue weighted by molar-refractivity contribution is -0.146. The molecule has 0 spiro atoms. The first-order valence-electron chi connectivity index (χ1n) is 3.80. The maximum atomic E-state index is 10.5. The molecule has 3 nitrogen and oxygen atoms in total. The molecule has 1 aromatic rings. The fourth-order valence-corrected chi connectivity index (χ4v) is 1.51. The number of benzene rings is 1. The van der Waals surface area contributed by atoms with Gasteiger partial charge in [0.25, 0.3) is 0 Å². The van der Waals surface area contributed by atoms with Gasteiger partial charge in [0.2, 0.25) is 0 Å². The highest BCUT2D eigenvalue weighted by Gasteiger charge is 2.19. The van der Waals surface area contributed by atoms with E-state index >= 15 is 0 Å². The highest BCUT2D eigenvalue weighted by Crippen LogP contribution is 2.29. The van der Waals surface area contributed by atoms with E-state index in [1.54, 1.807) is 6.92 Å². The van der Waals surface area contributed by atoms with Gasteiger partial charge in [-0.3, -0.25) is 0 Å². The van der Waals surface area contributed by atoms with Crippen LogP contribution >= 0.6 is 23.2 Å². The molecule has 14 heavy (non-hydrogen) atoms. The maximum absolute atomic E-state index is 10.5. The summed E-state index contributed by atoms with van der Waals surface area (Å²) < 4.78 is 0. The van der Waals surface area contributed by atoms with Crippen molar-refractivity contribution in [3.63, 3.8) is 0 Å². The van der Waals surface area contributed by atoms with Crippen molar-refractivity contribution in [3.05, 3.63) is 33.3 Å². The van der Waals surface area contributed by atoms with Crippen molar-refractivity contribution in [2.24, 2.45) is 0 Å². The number of carboxylic acid groups (broad SMARTS) is 1. The number of hydrogen-bond donors (Lipinski definition) is 2. The van der Waals surface area contributed by atoms with Gasteiger partial charge in [-0.2, -0.15) is 0 Å². The quantitative estimate of drug-likeness (QED) is 0.827. The summed E-state index contributed by atoms with van der Waals surface area (Å²) in [5, 5.41) is 18.4. The van der Waals surface area contributed by atoms with Crippen LogP contribution in [-0.4, -0.2) is 16.2 Å². The topological polar surface area (TPSA) is 57.5 Å². The van der Waals surface area contributed by atoms with E-state index in [0.29, 0.717) is 10.6 Å². The number of hydrogen-bond acceptors (Lipinski definition) is 2. The Kier molecular flexibility index (Phi) is 3.37. The number of carbonyl (C=O) groups is 1. The van der Waals surface area contributed by atoms with Crippen LogP contribution < -0.4 is 0 Å². The molecular formula is C9H8Cl2O3. The molecule has 2 N–H and O–H groups in total. The van der Waals surface area contributed by atoms with E-state index in [1.807, 2.05) is 0 Å². The first kappa shape index (κ1) is 11.3. The van der Waals surface area contributed by atoms with Crippen LogP contribution in [0.4, 0.5) is 0 Å². The van der Waals surface area contributed by atoms with Gasteiger partial charge in [-0.15, -0.1) is 0 Å². The highest BCUT2D eigenvalue weighted by molar-refractivity contribution is 6.35. The average molecular weight is 235 g/mol. The monoisotopic (exact) mass is 234 g/mol. The second-order valence-electron chi connectivity index (χ2n) is 2.86. The zero-order chi connectivity index (χ0) is 10.9. The summed E-state index contributed by atoms with van der Waals surface area (Å²) in [6.45, 7) is 1.71. The number of aliphatic hydroxyl groups excluding tert-OH is 1. The van der Waals surface area contributed by atoms with Crippen molar-refractivity contribution >= 4 is 29.2 Å². The van der Waals surface area contributed by atoms with Gasteiger partial charge in [-0.25, -0.2) is 4.79 Å². The van der Waals surface area contributed by atoms with Crippen LogP contribution in [0, 0.1) is 6.92 Å². The molecule has 0 bridgehead atoms. The molecule has 0 amide bonds.